The number of sulfone groups is 1. The highest BCUT2D eigenvalue weighted by atomic mass is 35.5. The zero-order chi connectivity index (χ0) is 31.7. The van der Waals surface area contributed by atoms with Gasteiger partial charge in [0.1, 0.15) is 16.6 Å². The highest BCUT2D eigenvalue weighted by molar-refractivity contribution is 7.91. The second-order valence-corrected chi connectivity index (χ2v) is 14.2. The van der Waals surface area contributed by atoms with Crippen LogP contribution in [-0.2, 0) is 16.9 Å². The number of carbonyl (C=O) groups excluding carboxylic acids is 1. The Morgan fingerprint density at radius 1 is 1.16 bits per heavy atom. The molecule has 3 aromatic heterocycles. The fourth-order valence-corrected chi connectivity index (χ4v) is 7.06. The van der Waals surface area contributed by atoms with E-state index in [-0.39, 0.29) is 34.2 Å². The molecule has 6 rings (SSSR count). The van der Waals surface area contributed by atoms with E-state index in [0.717, 1.165) is 11.8 Å². The van der Waals surface area contributed by atoms with Crippen molar-refractivity contribution in [2.24, 2.45) is 18.9 Å². The third kappa shape index (κ3) is 5.56. The van der Waals surface area contributed by atoms with Crippen LogP contribution in [0.3, 0.4) is 0 Å². The van der Waals surface area contributed by atoms with Crippen molar-refractivity contribution in [3.05, 3.63) is 74.6 Å². The number of Topliss-reactive ketones (excluding diaryl/α,β-unsaturated/α-hetero) is 1. The predicted octanol–water partition coefficient (Wildman–Crippen LogP) is 4.13. The van der Waals surface area contributed by atoms with Crippen LogP contribution in [-0.4, -0.2) is 63.6 Å². The lowest BCUT2D eigenvalue weighted by Gasteiger charge is -2.25. The summed E-state index contributed by atoms with van der Waals surface area (Å²) in [4.78, 5) is 37.6. The molecule has 0 bridgehead atoms. The van der Waals surface area contributed by atoms with Crippen molar-refractivity contribution in [2.45, 2.75) is 32.4 Å². The van der Waals surface area contributed by atoms with Gasteiger partial charge < -0.3 is 10.2 Å². The molecule has 0 radical (unpaired) electrons. The third-order valence-corrected chi connectivity index (χ3v) is 9.33. The van der Waals surface area contributed by atoms with Crippen molar-refractivity contribution in [3.8, 4) is 0 Å². The van der Waals surface area contributed by atoms with Gasteiger partial charge in [-0.1, -0.05) is 17.7 Å². The summed E-state index contributed by atoms with van der Waals surface area (Å²) in [5.74, 6) is -0.367. The number of nitrogens with zero attached hydrogens (tertiary/aromatic N) is 6. The third-order valence-electron chi connectivity index (χ3n) is 8.34. The number of rotatable bonds is 9. The molecule has 232 valence electrons. The van der Waals surface area contributed by atoms with Gasteiger partial charge in [-0.25, -0.2) is 23.1 Å². The quantitative estimate of drug-likeness (QED) is 0.211. The summed E-state index contributed by atoms with van der Waals surface area (Å²) < 4.78 is 51.8. The number of piperidine rings is 1. The van der Waals surface area contributed by atoms with Gasteiger partial charge in [-0.2, -0.15) is 13.9 Å². The number of aryl methyl sites for hydroxylation is 1. The number of hydrogen-bond acceptors (Lipinski definition) is 9. The average molecular weight is 646 g/mol. The summed E-state index contributed by atoms with van der Waals surface area (Å²) >= 11 is 6.04. The lowest BCUT2D eigenvalue weighted by molar-refractivity contribution is 0.0561. The summed E-state index contributed by atoms with van der Waals surface area (Å²) in [6, 6.07) is 7.93. The van der Waals surface area contributed by atoms with Crippen LogP contribution < -0.4 is 15.8 Å². The standard InChI is InChI=1S/C29H30ClF2N7O4S/c1-14-9-16(15(2)33-21-5-6-23(30)34-26(21)22(40)13-44(4,42)43)25-17(10-14)27(41)37(3)29(35-25)38-11-18-19(12-38)24(18)20-7-8-39(36-20)28(31)32/h5-10,15,18-19,24,28,33H,11-13H2,1-4H3/t15-,18-,19+,24?/m1/s1. The highest BCUT2D eigenvalue weighted by Gasteiger charge is 2.58. The molecule has 2 fully saturated rings. The Hall–Kier alpha value is -3.91. The predicted molar refractivity (Wildman–Crippen MR) is 162 cm³/mol. The Balaban J connectivity index is 1.31. The van der Waals surface area contributed by atoms with Crippen LogP contribution in [0.2, 0.25) is 5.15 Å². The number of anilines is 2. The highest BCUT2D eigenvalue weighted by Crippen LogP contribution is 2.58. The Bertz CT molecular complexity index is 1970. The molecular formula is C29H30ClF2N7O4S. The van der Waals surface area contributed by atoms with E-state index >= 15 is 0 Å². The monoisotopic (exact) mass is 645 g/mol. The van der Waals surface area contributed by atoms with Gasteiger partial charge in [0.25, 0.3) is 5.56 Å². The number of nitrogens with one attached hydrogen (secondary N) is 1. The van der Waals surface area contributed by atoms with E-state index < -0.39 is 34.0 Å². The molecule has 1 saturated carbocycles. The molecule has 4 atom stereocenters. The molecule has 1 aliphatic carbocycles. The van der Waals surface area contributed by atoms with Gasteiger partial charge in [0.2, 0.25) is 5.95 Å². The Labute approximate surface area is 256 Å². The lowest BCUT2D eigenvalue weighted by atomic mass is 10.0. The molecule has 1 aliphatic heterocycles. The zero-order valence-electron chi connectivity index (χ0n) is 24.3. The van der Waals surface area contributed by atoms with Gasteiger partial charge in [-0.3, -0.25) is 14.2 Å². The maximum absolute atomic E-state index is 13.6. The van der Waals surface area contributed by atoms with E-state index in [1.165, 1.54) is 16.8 Å². The minimum Gasteiger partial charge on any atom is -0.377 e. The van der Waals surface area contributed by atoms with Crippen molar-refractivity contribution < 1.29 is 22.0 Å². The second kappa shape index (κ2) is 10.9. The van der Waals surface area contributed by atoms with E-state index in [2.05, 4.69) is 15.4 Å². The smallest absolute Gasteiger partial charge is 0.333 e. The molecule has 2 aliphatic rings. The first-order valence-electron chi connectivity index (χ1n) is 13.9. The van der Waals surface area contributed by atoms with Crippen molar-refractivity contribution in [2.75, 3.05) is 35.3 Å². The molecule has 44 heavy (non-hydrogen) atoms. The average Bonchev–Trinajstić information content (AvgIpc) is 3.28. The molecule has 1 saturated heterocycles. The van der Waals surface area contributed by atoms with Crippen LogP contribution in [0, 0.1) is 18.8 Å². The SMILES string of the molecule is Cc1cc([C@@H](C)Nc2ccc(Cl)nc2C(=O)CS(C)(=O)=O)c2nc(N3C[C@@H]4C(c5ccn(C(F)F)n5)[C@@H]4C3)n(C)c(=O)c2c1. The van der Waals surface area contributed by atoms with Crippen LogP contribution in [0.25, 0.3) is 10.9 Å². The van der Waals surface area contributed by atoms with Crippen molar-refractivity contribution in [1.82, 2.24) is 24.3 Å². The summed E-state index contributed by atoms with van der Waals surface area (Å²) in [6.07, 6.45) is 2.27. The van der Waals surface area contributed by atoms with Crippen molar-refractivity contribution >= 4 is 49.8 Å². The Kier molecular flexibility index (Phi) is 7.47. The molecule has 1 N–H and O–H groups in total. The van der Waals surface area contributed by atoms with Crippen molar-refractivity contribution in [3.63, 3.8) is 0 Å². The number of alkyl halides is 2. The minimum absolute atomic E-state index is 0.0455. The summed E-state index contributed by atoms with van der Waals surface area (Å²) in [5, 5.41) is 7.77. The number of halogens is 3. The summed E-state index contributed by atoms with van der Waals surface area (Å²) in [6.45, 7) is 2.26. The van der Waals surface area contributed by atoms with E-state index in [0.29, 0.717) is 51.6 Å². The Morgan fingerprint density at radius 3 is 2.50 bits per heavy atom. The van der Waals surface area contributed by atoms with Crippen LogP contribution in [0.1, 0.15) is 52.7 Å². The van der Waals surface area contributed by atoms with Crippen LogP contribution in [0.5, 0.6) is 0 Å². The van der Waals surface area contributed by atoms with Gasteiger partial charge in [0.05, 0.1) is 28.3 Å². The van der Waals surface area contributed by atoms with Gasteiger partial charge in [-0.05, 0) is 55.5 Å². The molecule has 4 heterocycles. The second-order valence-electron chi connectivity index (χ2n) is 11.7. The van der Waals surface area contributed by atoms with E-state index in [9.17, 15) is 26.8 Å². The first-order chi connectivity index (χ1) is 20.7. The number of fused-ring (bicyclic) bond motifs is 2. The number of hydrogen-bond donors (Lipinski definition) is 1. The fraction of sp³-hybridized carbons (Fsp3) is 0.414. The maximum atomic E-state index is 13.6. The summed E-state index contributed by atoms with van der Waals surface area (Å²) in [7, 11) is -1.93. The zero-order valence-corrected chi connectivity index (χ0v) is 25.9. The van der Waals surface area contributed by atoms with Gasteiger partial charge in [0, 0.05) is 44.1 Å². The number of pyridine rings is 1. The molecule has 11 nitrogen and oxygen atoms in total. The van der Waals surface area contributed by atoms with Gasteiger partial charge in [-0.15, -0.1) is 0 Å². The maximum Gasteiger partial charge on any atom is 0.333 e. The summed E-state index contributed by atoms with van der Waals surface area (Å²) in [5.41, 5.74) is 2.68. The molecule has 4 aromatic rings. The molecule has 0 spiro atoms. The number of aromatic nitrogens is 5. The van der Waals surface area contributed by atoms with Crippen LogP contribution >= 0.6 is 11.6 Å². The van der Waals surface area contributed by atoms with Gasteiger partial charge >= 0.3 is 6.55 Å². The molecule has 1 unspecified atom stereocenters. The minimum atomic E-state index is -3.61. The molecule has 15 heteroatoms. The van der Waals surface area contributed by atoms with Crippen LogP contribution in [0.15, 0.2) is 41.3 Å². The van der Waals surface area contributed by atoms with Crippen molar-refractivity contribution in [1.29, 1.82) is 0 Å². The molecular weight excluding hydrogens is 616 g/mol. The molecule has 1 aromatic carbocycles. The lowest BCUT2D eigenvalue weighted by Crippen LogP contribution is -2.32. The van der Waals surface area contributed by atoms with E-state index in [4.69, 9.17) is 16.6 Å². The van der Waals surface area contributed by atoms with Crippen LogP contribution in [0.4, 0.5) is 20.4 Å². The normalized spacial score (nSPS) is 20.3. The van der Waals surface area contributed by atoms with Gasteiger partial charge in [0.15, 0.2) is 15.6 Å². The Morgan fingerprint density at radius 2 is 1.86 bits per heavy atom. The molecule has 0 amide bonds. The number of ketones is 1. The van der Waals surface area contributed by atoms with E-state index in [1.807, 2.05) is 24.8 Å². The largest absolute Gasteiger partial charge is 0.377 e. The fourth-order valence-electron chi connectivity index (χ4n) is 6.30. The van der Waals surface area contributed by atoms with E-state index in [1.54, 1.807) is 25.2 Å². The number of benzene rings is 1. The topological polar surface area (TPSA) is 132 Å². The first-order valence-corrected chi connectivity index (χ1v) is 16.4. The first kappa shape index (κ1) is 30.1. The number of carbonyl (C=O) groups is 1.